The molecule has 0 bridgehead atoms. The van der Waals surface area contributed by atoms with Crippen molar-refractivity contribution in [3.8, 4) is 11.1 Å². The molecule has 0 spiro atoms. The van der Waals surface area contributed by atoms with Crippen LogP contribution in [-0.2, 0) is 0 Å². The Morgan fingerprint density at radius 1 is 0.596 bits per heavy atom. The average Bonchev–Trinajstić information content (AvgIpc) is 3.61. The molecule has 0 amide bonds. The fourth-order valence-electron chi connectivity index (χ4n) is 9.18. The minimum atomic E-state index is 0.201. The molecule has 6 aliphatic carbocycles. The molecule has 0 saturated heterocycles. The molecule has 4 aromatic rings. The zero-order valence-corrected chi connectivity index (χ0v) is 29.4. The van der Waals surface area contributed by atoms with Crippen molar-refractivity contribution in [1.82, 2.24) is 4.90 Å². The summed E-state index contributed by atoms with van der Waals surface area (Å²) in [6.07, 6.45) is 43.1. The number of nitrogens with zero attached hydrogens (tertiary/aromatic N) is 1. The molecule has 0 fully saturated rings. The van der Waals surface area contributed by atoms with Gasteiger partial charge in [0.25, 0.3) is 0 Å². The lowest BCUT2D eigenvalue weighted by atomic mass is 9.78. The number of furan rings is 1. The van der Waals surface area contributed by atoms with Gasteiger partial charge in [-0.25, -0.2) is 0 Å². The van der Waals surface area contributed by atoms with Gasteiger partial charge in [-0.15, -0.1) is 0 Å². The van der Waals surface area contributed by atoms with Crippen molar-refractivity contribution >= 4 is 34.9 Å². The minimum absolute atomic E-state index is 0.201. The van der Waals surface area contributed by atoms with E-state index >= 15 is 0 Å². The number of benzene rings is 3. The molecule has 0 N–H and O–H groups in total. The van der Waals surface area contributed by atoms with Crippen LogP contribution in [0.5, 0.6) is 0 Å². The fourth-order valence-corrected chi connectivity index (χ4v) is 9.18. The molecule has 5 unspecified atom stereocenters. The van der Waals surface area contributed by atoms with E-state index in [0.29, 0.717) is 23.7 Å². The third-order valence-electron chi connectivity index (χ3n) is 11.9. The Hall–Kier alpha value is -5.60. The maximum Gasteiger partial charge on any atom is 0.154 e. The highest BCUT2D eigenvalue weighted by Gasteiger charge is 2.29. The first kappa shape index (κ1) is 31.2. The average molecular weight is 674 g/mol. The largest absolute Gasteiger partial charge is 0.454 e. The predicted molar refractivity (Wildman–Crippen MR) is 216 cm³/mol. The van der Waals surface area contributed by atoms with Crippen molar-refractivity contribution in [2.75, 3.05) is 0 Å². The van der Waals surface area contributed by atoms with E-state index in [-0.39, 0.29) is 6.04 Å². The lowest BCUT2D eigenvalue weighted by Gasteiger charge is -2.37. The first-order chi connectivity index (χ1) is 25.8. The molecule has 3 aromatic carbocycles. The lowest BCUT2D eigenvalue weighted by Crippen LogP contribution is -2.40. The molecule has 2 nitrogen and oxygen atoms in total. The van der Waals surface area contributed by atoms with Crippen molar-refractivity contribution in [1.29, 1.82) is 0 Å². The Morgan fingerprint density at radius 2 is 1.42 bits per heavy atom. The Labute approximate surface area is 305 Å². The highest BCUT2D eigenvalue weighted by molar-refractivity contribution is 5.95. The summed E-state index contributed by atoms with van der Waals surface area (Å²) in [4.78, 5) is 2.62. The predicted octanol–water partition coefficient (Wildman–Crippen LogP) is 8.93. The van der Waals surface area contributed by atoms with Crippen LogP contribution in [-0.4, -0.2) is 10.9 Å². The standard InChI is InChI=1S/C50H43NO/c1-2-12-38(13-3-1)45-16-9-19-48-49(45)46-17-8-18-47(50(46)52-48)51(43-28-24-36(25-29-43)41-22-20-34-10-4-6-14-39(34)32-41)44-30-26-37(27-31-44)42-23-21-35-11-5-7-15-40(35)33-42/h1-7,9-17,19-22,24,26-30,32-34,36,39,42,44H,8,18,23,25,31H2. The smallest absolute Gasteiger partial charge is 0.154 e. The van der Waals surface area contributed by atoms with Gasteiger partial charge in [0.1, 0.15) is 5.58 Å². The summed E-state index contributed by atoms with van der Waals surface area (Å²) in [6, 6.07) is 26.2. The highest BCUT2D eigenvalue weighted by Crippen LogP contribution is 2.38. The maximum absolute atomic E-state index is 6.90. The molecule has 2 heteroatoms. The van der Waals surface area contributed by atoms with Crippen LogP contribution in [0.2, 0.25) is 0 Å². The topological polar surface area (TPSA) is 16.4 Å². The van der Waals surface area contributed by atoms with Gasteiger partial charge in [-0.2, -0.15) is 0 Å². The van der Waals surface area contributed by atoms with Crippen molar-refractivity contribution in [2.24, 2.45) is 23.7 Å². The number of hydrogen-bond acceptors (Lipinski definition) is 2. The fraction of sp³-hybridized carbons (Fsp3) is 0.200. The summed E-state index contributed by atoms with van der Waals surface area (Å²) in [5.41, 5.74) is 9.87. The first-order valence-electron chi connectivity index (χ1n) is 19.1. The van der Waals surface area contributed by atoms with Crippen LogP contribution in [0, 0.1) is 23.7 Å². The second-order valence-corrected chi connectivity index (χ2v) is 14.9. The van der Waals surface area contributed by atoms with Crippen LogP contribution < -0.4 is 21.1 Å². The molecule has 0 aliphatic heterocycles. The summed E-state index contributed by atoms with van der Waals surface area (Å²) in [6.45, 7) is 0. The van der Waals surface area contributed by atoms with Crippen molar-refractivity contribution in [3.05, 3.63) is 190 Å². The van der Waals surface area contributed by atoms with E-state index < -0.39 is 0 Å². The van der Waals surface area contributed by atoms with E-state index in [1.807, 2.05) is 0 Å². The molecular weight excluding hydrogens is 631 g/mol. The first-order valence-corrected chi connectivity index (χ1v) is 19.1. The second kappa shape index (κ2) is 13.2. The number of fused-ring (bicyclic) bond motifs is 5. The molecule has 6 aliphatic rings. The van der Waals surface area contributed by atoms with E-state index in [1.165, 1.54) is 54.7 Å². The molecular formula is C50H43NO. The quantitative estimate of drug-likeness (QED) is 0.203. The second-order valence-electron chi connectivity index (χ2n) is 14.9. The zero-order valence-electron chi connectivity index (χ0n) is 29.4. The lowest BCUT2D eigenvalue weighted by molar-refractivity contribution is 0.391. The van der Waals surface area contributed by atoms with Gasteiger partial charge in [0, 0.05) is 40.0 Å². The van der Waals surface area contributed by atoms with Crippen LogP contribution in [0.3, 0.4) is 0 Å². The molecule has 52 heavy (non-hydrogen) atoms. The summed E-state index contributed by atoms with van der Waals surface area (Å²) in [7, 11) is 0. The minimum Gasteiger partial charge on any atom is -0.454 e. The Bertz CT molecular complexity index is 2580. The normalized spacial score (nSPS) is 25.5. The summed E-state index contributed by atoms with van der Waals surface area (Å²) in [5, 5.41) is 5.16. The van der Waals surface area contributed by atoms with Gasteiger partial charge >= 0.3 is 0 Å². The Kier molecular flexibility index (Phi) is 7.90. The van der Waals surface area contributed by atoms with Gasteiger partial charge in [-0.05, 0) is 77.0 Å². The van der Waals surface area contributed by atoms with Crippen molar-refractivity contribution in [2.45, 2.75) is 38.1 Å². The maximum atomic E-state index is 6.90. The molecule has 1 heterocycles. The van der Waals surface area contributed by atoms with E-state index in [1.54, 1.807) is 0 Å². The molecule has 0 saturated carbocycles. The summed E-state index contributed by atoms with van der Waals surface area (Å²) >= 11 is 0. The van der Waals surface area contributed by atoms with Crippen molar-refractivity contribution < 1.29 is 4.42 Å². The van der Waals surface area contributed by atoms with E-state index in [2.05, 4.69) is 175 Å². The SMILES string of the molecule is C1=CC2C=CC(C3C=CC(N(C4=c5oc6cccc(-c7ccccc7)c6c5=CCC4)C4C=CC(C5C=c6ccccc6=CC5)=CC4)=CC3)=CC2C=C1. The van der Waals surface area contributed by atoms with Crippen LogP contribution >= 0.6 is 0 Å². The number of rotatable bonds is 6. The zero-order chi connectivity index (χ0) is 34.4. The number of allylic oxidation sites excluding steroid dienone is 13. The highest BCUT2D eigenvalue weighted by atomic mass is 16.3. The van der Waals surface area contributed by atoms with Crippen LogP contribution in [0.15, 0.2) is 173 Å². The van der Waals surface area contributed by atoms with Crippen molar-refractivity contribution in [3.63, 3.8) is 0 Å². The molecule has 1 aromatic heterocycles. The van der Waals surface area contributed by atoms with Gasteiger partial charge in [-0.3, -0.25) is 0 Å². The number of hydrogen-bond donors (Lipinski definition) is 0. The Balaban J connectivity index is 1.03. The molecule has 254 valence electrons. The van der Waals surface area contributed by atoms with Gasteiger partial charge in [0.2, 0.25) is 0 Å². The molecule has 5 atom stereocenters. The monoisotopic (exact) mass is 673 g/mol. The van der Waals surface area contributed by atoms with Gasteiger partial charge in [0.15, 0.2) is 5.42 Å². The van der Waals surface area contributed by atoms with Gasteiger partial charge < -0.3 is 9.32 Å². The van der Waals surface area contributed by atoms with E-state index in [0.717, 1.165) is 43.1 Å². The summed E-state index contributed by atoms with van der Waals surface area (Å²) in [5.74, 6) is 1.74. The van der Waals surface area contributed by atoms with Crippen LogP contribution in [0.25, 0.3) is 46.0 Å². The third kappa shape index (κ3) is 5.58. The molecule has 10 rings (SSSR count). The molecule has 0 radical (unpaired) electrons. The Morgan fingerprint density at radius 3 is 2.27 bits per heavy atom. The third-order valence-corrected chi connectivity index (χ3v) is 11.9. The van der Waals surface area contributed by atoms with Gasteiger partial charge in [-0.1, -0.05) is 158 Å². The van der Waals surface area contributed by atoms with Crippen LogP contribution in [0.4, 0.5) is 0 Å². The van der Waals surface area contributed by atoms with Gasteiger partial charge in [0.05, 0.1) is 11.7 Å². The van der Waals surface area contributed by atoms with Crippen LogP contribution in [0.1, 0.15) is 32.1 Å². The van der Waals surface area contributed by atoms with E-state index in [4.69, 9.17) is 4.42 Å². The summed E-state index contributed by atoms with van der Waals surface area (Å²) < 4.78 is 6.90. The van der Waals surface area contributed by atoms with E-state index in [9.17, 15) is 0 Å².